The molecule has 0 saturated heterocycles. The standard InChI is InChI=1S/C85H152O17P2/c1-5-9-13-17-21-25-29-33-37-38-39-40-44-48-52-56-60-64-68-72-85(90)102-81(76-96-83(88)70-66-62-58-54-50-46-42-35-31-27-23-19-15-11-7-3)78-100-104(93,94)98-74-79(86)73-97-103(91,92)99-77-80(101-84(89)71-67-63-59-55-51-47-43-36-32-28-24-20-16-12-8-4)75-95-82(87)69-65-61-57-53-49-45-41-34-30-26-22-18-14-10-6-2/h9,13,21,25,33-34,37,39-41,48,52,60,64,79-81,86H,5-8,10-12,14-20,22-24,26-32,35-36,38,42-47,49-51,53-59,61-63,65-78H2,1-4H3,(H,91,92)(H,93,94)/b13-9-,25-21-,37-33-,40-39-,41-34-,52-48-,64-60-/t79-,80-,81-/m1/s1. The van der Waals surface area contributed by atoms with E-state index in [0.29, 0.717) is 32.1 Å². The summed E-state index contributed by atoms with van der Waals surface area (Å²) in [6.45, 7) is 4.75. The first-order valence-corrected chi connectivity index (χ1v) is 44.8. The van der Waals surface area contributed by atoms with Gasteiger partial charge in [0.1, 0.15) is 19.3 Å². The third-order valence-corrected chi connectivity index (χ3v) is 19.8. The van der Waals surface area contributed by atoms with Gasteiger partial charge in [-0.05, 0) is 89.9 Å². The van der Waals surface area contributed by atoms with Gasteiger partial charge < -0.3 is 33.8 Å². The van der Waals surface area contributed by atoms with E-state index in [0.717, 1.165) is 116 Å². The van der Waals surface area contributed by atoms with Gasteiger partial charge in [0.15, 0.2) is 12.2 Å². The van der Waals surface area contributed by atoms with Crippen molar-refractivity contribution in [3.8, 4) is 0 Å². The van der Waals surface area contributed by atoms with Crippen molar-refractivity contribution in [2.75, 3.05) is 39.6 Å². The molecule has 604 valence electrons. The zero-order valence-electron chi connectivity index (χ0n) is 66.2. The molecule has 0 amide bonds. The fraction of sp³-hybridized carbons (Fsp3) is 0.788. The van der Waals surface area contributed by atoms with Gasteiger partial charge in [0.05, 0.1) is 26.4 Å². The van der Waals surface area contributed by atoms with E-state index in [1.165, 1.54) is 173 Å². The minimum Gasteiger partial charge on any atom is -0.462 e. The van der Waals surface area contributed by atoms with Crippen molar-refractivity contribution < 1.29 is 80.2 Å². The smallest absolute Gasteiger partial charge is 0.462 e. The predicted octanol–water partition coefficient (Wildman–Crippen LogP) is 24.6. The highest BCUT2D eigenvalue weighted by Crippen LogP contribution is 2.45. The fourth-order valence-corrected chi connectivity index (χ4v) is 13.1. The molecule has 0 radical (unpaired) electrons. The summed E-state index contributed by atoms with van der Waals surface area (Å²) in [6, 6.07) is 0. The number of ether oxygens (including phenoxy) is 4. The van der Waals surface area contributed by atoms with Crippen LogP contribution in [0.2, 0.25) is 0 Å². The summed E-state index contributed by atoms with van der Waals surface area (Å²) in [7, 11) is -9.97. The Morgan fingerprint density at radius 3 is 0.827 bits per heavy atom. The van der Waals surface area contributed by atoms with Gasteiger partial charge in [0.25, 0.3) is 0 Å². The summed E-state index contributed by atoms with van der Waals surface area (Å²) < 4.78 is 68.7. The van der Waals surface area contributed by atoms with Crippen LogP contribution in [-0.2, 0) is 65.4 Å². The number of allylic oxidation sites excluding steroid dienone is 14. The van der Waals surface area contributed by atoms with Crippen LogP contribution in [0, 0.1) is 0 Å². The number of hydrogen-bond acceptors (Lipinski definition) is 15. The molecular weight excluding hydrogens is 1350 g/mol. The van der Waals surface area contributed by atoms with E-state index in [1.807, 2.05) is 18.2 Å². The number of esters is 4. The van der Waals surface area contributed by atoms with E-state index in [1.54, 1.807) is 0 Å². The second-order valence-corrected chi connectivity index (χ2v) is 31.0. The van der Waals surface area contributed by atoms with Crippen LogP contribution in [0.4, 0.5) is 0 Å². The van der Waals surface area contributed by atoms with Crippen molar-refractivity contribution in [2.24, 2.45) is 0 Å². The second-order valence-electron chi connectivity index (χ2n) is 28.1. The highest BCUT2D eigenvalue weighted by molar-refractivity contribution is 7.47. The van der Waals surface area contributed by atoms with Crippen LogP contribution in [0.1, 0.15) is 374 Å². The molecule has 0 bridgehead atoms. The third-order valence-electron chi connectivity index (χ3n) is 17.9. The van der Waals surface area contributed by atoms with Gasteiger partial charge in [0, 0.05) is 25.7 Å². The number of aliphatic hydroxyl groups excluding tert-OH is 1. The molecule has 0 aliphatic heterocycles. The van der Waals surface area contributed by atoms with Crippen LogP contribution in [0.15, 0.2) is 85.1 Å². The number of carbonyl (C=O) groups is 4. The maximum Gasteiger partial charge on any atom is 0.472 e. The van der Waals surface area contributed by atoms with Crippen LogP contribution in [0.5, 0.6) is 0 Å². The largest absolute Gasteiger partial charge is 0.472 e. The van der Waals surface area contributed by atoms with E-state index in [9.17, 15) is 43.2 Å². The maximum atomic E-state index is 13.1. The maximum absolute atomic E-state index is 13.1. The van der Waals surface area contributed by atoms with Gasteiger partial charge in [-0.15, -0.1) is 0 Å². The molecule has 0 aliphatic carbocycles. The first-order valence-electron chi connectivity index (χ1n) is 41.8. The summed E-state index contributed by atoms with van der Waals surface area (Å²) in [5, 5.41) is 10.7. The Kier molecular flexibility index (Phi) is 74.6. The minimum atomic E-state index is -4.99. The van der Waals surface area contributed by atoms with Crippen molar-refractivity contribution >= 4 is 39.5 Å². The molecule has 0 saturated carbocycles. The molecule has 0 fully saturated rings. The van der Waals surface area contributed by atoms with Gasteiger partial charge in [-0.1, -0.05) is 344 Å². The number of phosphoric acid groups is 2. The number of aliphatic hydroxyl groups is 1. The summed E-state index contributed by atoms with van der Waals surface area (Å²) in [6.07, 6.45) is 81.4. The molecule has 0 aliphatic rings. The SMILES string of the molecule is CC/C=C\C/C=C\C/C=C\C/C=C\C/C=C\C/C=C\CCC(=O)O[C@H](COC(=O)CCCCCCCCCCCCCCCCC)COP(=O)(O)OC[C@H](O)COP(=O)(O)OC[C@@H](COC(=O)CCCCCCC/C=C\CCCCCCCC)OC(=O)CCCCCCCCCCCCCCCCC. The lowest BCUT2D eigenvalue weighted by atomic mass is 10.0. The molecule has 0 aromatic carbocycles. The number of phosphoric ester groups is 2. The molecule has 104 heavy (non-hydrogen) atoms. The van der Waals surface area contributed by atoms with Crippen molar-refractivity contribution in [3.05, 3.63) is 85.1 Å². The highest BCUT2D eigenvalue weighted by Gasteiger charge is 2.30. The number of hydrogen-bond donors (Lipinski definition) is 3. The van der Waals surface area contributed by atoms with Crippen molar-refractivity contribution in [2.45, 2.75) is 393 Å². The zero-order chi connectivity index (χ0) is 76.0. The van der Waals surface area contributed by atoms with E-state index in [2.05, 4.69) is 94.5 Å². The number of carbonyl (C=O) groups excluding carboxylic acids is 4. The number of rotatable bonds is 79. The molecule has 5 atom stereocenters. The average Bonchev–Trinajstić information content (AvgIpc) is 0.943. The van der Waals surface area contributed by atoms with Gasteiger partial charge in [-0.3, -0.25) is 37.3 Å². The highest BCUT2D eigenvalue weighted by atomic mass is 31.2. The van der Waals surface area contributed by atoms with Crippen LogP contribution in [-0.4, -0.2) is 96.7 Å². The molecule has 0 aromatic heterocycles. The Morgan fingerprint density at radius 1 is 0.279 bits per heavy atom. The minimum absolute atomic E-state index is 0.0270. The quantitative estimate of drug-likeness (QED) is 0.0169. The molecule has 0 heterocycles. The first kappa shape index (κ1) is 100. The third kappa shape index (κ3) is 76.4. The topological polar surface area (TPSA) is 237 Å². The van der Waals surface area contributed by atoms with Crippen LogP contribution >= 0.6 is 15.6 Å². The van der Waals surface area contributed by atoms with Gasteiger partial charge in [-0.2, -0.15) is 0 Å². The summed E-state index contributed by atoms with van der Waals surface area (Å²) >= 11 is 0. The summed E-state index contributed by atoms with van der Waals surface area (Å²) in [5.41, 5.74) is 0. The Bertz CT molecular complexity index is 2300. The molecule has 2 unspecified atom stereocenters. The Hall–Kier alpha value is -3.76. The van der Waals surface area contributed by atoms with Crippen LogP contribution in [0.25, 0.3) is 0 Å². The van der Waals surface area contributed by atoms with Crippen molar-refractivity contribution in [3.63, 3.8) is 0 Å². The van der Waals surface area contributed by atoms with Crippen molar-refractivity contribution in [1.82, 2.24) is 0 Å². The average molecular weight is 1510 g/mol. The van der Waals surface area contributed by atoms with E-state index >= 15 is 0 Å². The van der Waals surface area contributed by atoms with E-state index in [4.69, 9.17) is 37.0 Å². The van der Waals surface area contributed by atoms with Crippen LogP contribution < -0.4 is 0 Å². The lowest BCUT2D eigenvalue weighted by Crippen LogP contribution is -2.30. The van der Waals surface area contributed by atoms with Gasteiger partial charge >= 0.3 is 39.5 Å². The molecule has 0 rings (SSSR count). The normalized spacial score (nSPS) is 14.3. The molecular formula is C85H152O17P2. The zero-order valence-corrected chi connectivity index (χ0v) is 68.0. The summed E-state index contributed by atoms with van der Waals surface area (Å²) in [4.78, 5) is 73.1. The lowest BCUT2D eigenvalue weighted by molar-refractivity contribution is -0.161. The fourth-order valence-electron chi connectivity index (χ4n) is 11.5. The Morgan fingerprint density at radius 2 is 0.519 bits per heavy atom. The van der Waals surface area contributed by atoms with Gasteiger partial charge in [-0.25, -0.2) is 9.13 Å². The monoisotopic (exact) mass is 1510 g/mol. The second kappa shape index (κ2) is 77.4. The molecule has 17 nitrogen and oxygen atoms in total. The lowest BCUT2D eigenvalue weighted by Gasteiger charge is -2.21. The Balaban J connectivity index is 5.41. The summed E-state index contributed by atoms with van der Waals surface area (Å²) in [5.74, 6) is -2.25. The molecule has 3 N–H and O–H groups in total. The predicted molar refractivity (Wildman–Crippen MR) is 427 cm³/mol. The molecule has 19 heteroatoms. The van der Waals surface area contributed by atoms with Crippen molar-refractivity contribution in [1.29, 1.82) is 0 Å². The Labute approximate surface area is 634 Å². The van der Waals surface area contributed by atoms with E-state index < -0.39 is 97.5 Å². The van der Waals surface area contributed by atoms with Crippen LogP contribution in [0.3, 0.4) is 0 Å². The molecule has 0 spiro atoms. The van der Waals surface area contributed by atoms with E-state index in [-0.39, 0.29) is 25.7 Å². The first-order chi connectivity index (χ1) is 50.7. The van der Waals surface area contributed by atoms with Gasteiger partial charge in [0.2, 0.25) is 0 Å². The molecule has 0 aromatic rings. The number of unbranched alkanes of at least 4 members (excludes halogenated alkanes) is 39.